The standard InChI is InChI=1S/C23H27FN5O7PS/c1-4-33-22(31)13(2)29-37(32,36-14-8-6-5-7-9-14)34-11-23(26-3)20(30)16(24)18(35-23)15-10-38-19-17(15)27-12-28-21(19)25/h5-10,12-13,16,18,20,30H,3-4,11H2,1-2H3,(H,29,32)(H2,25,27,28)/t13-,16-,18-,20-,23+,37?/m0/s1. The van der Waals surface area contributed by atoms with Gasteiger partial charge in [0, 0.05) is 5.56 Å². The van der Waals surface area contributed by atoms with Crippen molar-refractivity contribution >= 4 is 47.8 Å². The van der Waals surface area contributed by atoms with Gasteiger partial charge in [0.05, 0.1) is 16.8 Å². The molecule has 4 N–H and O–H groups in total. The Kier molecular flexibility index (Phi) is 8.40. The Morgan fingerprint density at radius 3 is 2.84 bits per heavy atom. The van der Waals surface area contributed by atoms with Crippen molar-refractivity contribution in [2.24, 2.45) is 4.99 Å². The maximum atomic E-state index is 15.5. The lowest BCUT2D eigenvalue weighted by atomic mass is 10.0. The van der Waals surface area contributed by atoms with Gasteiger partial charge in [0.1, 0.15) is 42.8 Å². The van der Waals surface area contributed by atoms with E-state index in [1.54, 1.807) is 30.5 Å². The van der Waals surface area contributed by atoms with E-state index in [-0.39, 0.29) is 18.2 Å². The molecule has 0 radical (unpaired) electrons. The van der Waals surface area contributed by atoms with E-state index in [0.29, 0.717) is 15.8 Å². The van der Waals surface area contributed by atoms with Gasteiger partial charge in [-0.2, -0.15) is 5.09 Å². The highest BCUT2D eigenvalue weighted by Gasteiger charge is 2.57. The number of benzene rings is 1. The number of alkyl halides is 1. The summed E-state index contributed by atoms with van der Waals surface area (Å²) in [5.41, 5.74) is 4.52. The average Bonchev–Trinajstić information content (AvgIpc) is 3.44. The number of nitrogen functional groups attached to an aromatic ring is 1. The largest absolute Gasteiger partial charge is 0.465 e. The molecule has 15 heteroatoms. The van der Waals surface area contributed by atoms with Crippen molar-refractivity contribution in [1.82, 2.24) is 15.1 Å². The Balaban J connectivity index is 1.59. The Morgan fingerprint density at radius 2 is 2.16 bits per heavy atom. The first kappa shape index (κ1) is 28.0. The first-order chi connectivity index (χ1) is 18.1. The zero-order chi connectivity index (χ0) is 27.5. The minimum Gasteiger partial charge on any atom is -0.465 e. The number of aliphatic imine (C=N–C) groups is 1. The number of carbonyl (C=O) groups is 1. The van der Waals surface area contributed by atoms with Crippen LogP contribution in [0.15, 0.2) is 47.0 Å². The summed E-state index contributed by atoms with van der Waals surface area (Å²) in [6, 6.07) is 6.96. The number of para-hydroxylation sites is 1. The highest BCUT2D eigenvalue weighted by atomic mass is 32.1. The molecule has 0 aliphatic carbocycles. The second-order valence-corrected chi connectivity index (χ2v) is 10.9. The van der Waals surface area contributed by atoms with Gasteiger partial charge in [0.15, 0.2) is 6.17 Å². The summed E-state index contributed by atoms with van der Waals surface area (Å²) >= 11 is 1.20. The second kappa shape index (κ2) is 11.4. The van der Waals surface area contributed by atoms with Crippen LogP contribution in [0, 0.1) is 0 Å². The van der Waals surface area contributed by atoms with Crippen LogP contribution in [0.4, 0.5) is 10.2 Å². The fraction of sp³-hybridized carbons (Fsp3) is 0.391. The van der Waals surface area contributed by atoms with Crippen LogP contribution in [0.25, 0.3) is 10.2 Å². The number of nitrogens with one attached hydrogen (secondary N) is 1. The third-order valence-electron chi connectivity index (χ3n) is 5.77. The van der Waals surface area contributed by atoms with Crippen LogP contribution in [-0.4, -0.2) is 65.0 Å². The van der Waals surface area contributed by atoms with E-state index in [9.17, 15) is 14.5 Å². The zero-order valence-electron chi connectivity index (χ0n) is 20.5. The fourth-order valence-corrected chi connectivity index (χ4v) is 6.29. The predicted molar refractivity (Wildman–Crippen MR) is 139 cm³/mol. The Bertz CT molecular complexity index is 1350. The van der Waals surface area contributed by atoms with Gasteiger partial charge in [-0.1, -0.05) is 18.2 Å². The summed E-state index contributed by atoms with van der Waals surface area (Å²) in [6.07, 6.45) is -3.91. The number of fused-ring (bicyclic) bond motifs is 1. The molecule has 1 fully saturated rings. The predicted octanol–water partition coefficient (Wildman–Crippen LogP) is 3.19. The smallest absolute Gasteiger partial charge is 0.459 e. The first-order valence-corrected chi connectivity index (χ1v) is 13.9. The summed E-state index contributed by atoms with van der Waals surface area (Å²) in [4.78, 5) is 24.1. The van der Waals surface area contributed by atoms with Crippen molar-refractivity contribution in [2.75, 3.05) is 18.9 Å². The Labute approximate surface area is 221 Å². The van der Waals surface area contributed by atoms with Crippen LogP contribution < -0.4 is 15.3 Å². The third-order valence-corrected chi connectivity index (χ3v) is 8.40. The molecule has 0 saturated carbocycles. The van der Waals surface area contributed by atoms with Crippen molar-refractivity contribution in [3.05, 3.63) is 47.6 Å². The number of aromatic nitrogens is 2. The molecule has 4 rings (SSSR count). The van der Waals surface area contributed by atoms with Crippen molar-refractivity contribution in [3.63, 3.8) is 0 Å². The molecule has 0 bridgehead atoms. The molecule has 1 aromatic carbocycles. The quantitative estimate of drug-likeness (QED) is 0.177. The normalized spacial score (nSPS) is 25.5. The molecule has 0 spiro atoms. The molecular formula is C23H27FN5O7PS. The number of rotatable bonds is 11. The van der Waals surface area contributed by atoms with Crippen molar-refractivity contribution in [2.45, 2.75) is 44.0 Å². The maximum Gasteiger partial charge on any atom is 0.459 e. The number of esters is 1. The summed E-state index contributed by atoms with van der Waals surface area (Å²) in [5.74, 6) is -0.315. The molecule has 3 aromatic rings. The Morgan fingerprint density at radius 1 is 1.42 bits per heavy atom. The average molecular weight is 568 g/mol. The molecular weight excluding hydrogens is 540 g/mol. The van der Waals surface area contributed by atoms with Gasteiger partial charge in [-0.3, -0.25) is 14.3 Å². The Hall–Kier alpha value is -3.00. The lowest BCUT2D eigenvalue weighted by Gasteiger charge is -2.30. The van der Waals surface area contributed by atoms with E-state index in [1.165, 1.54) is 36.7 Å². The van der Waals surface area contributed by atoms with E-state index >= 15 is 4.39 Å². The van der Waals surface area contributed by atoms with Crippen molar-refractivity contribution in [3.8, 4) is 5.75 Å². The van der Waals surface area contributed by atoms with Gasteiger partial charge in [0.25, 0.3) is 0 Å². The van der Waals surface area contributed by atoms with E-state index < -0.39 is 50.5 Å². The number of anilines is 1. The van der Waals surface area contributed by atoms with Gasteiger partial charge >= 0.3 is 13.7 Å². The highest BCUT2D eigenvalue weighted by molar-refractivity contribution is 7.52. The molecule has 6 atom stereocenters. The van der Waals surface area contributed by atoms with Crippen LogP contribution in [0.5, 0.6) is 5.75 Å². The number of carbonyl (C=O) groups excluding carboxylic acids is 1. The van der Waals surface area contributed by atoms with Gasteiger partial charge in [-0.25, -0.2) is 18.9 Å². The maximum absolute atomic E-state index is 15.5. The topological polar surface area (TPSA) is 167 Å². The van der Waals surface area contributed by atoms with Crippen LogP contribution >= 0.6 is 19.1 Å². The molecule has 38 heavy (non-hydrogen) atoms. The van der Waals surface area contributed by atoms with E-state index in [4.69, 9.17) is 24.3 Å². The molecule has 3 heterocycles. The summed E-state index contributed by atoms with van der Waals surface area (Å²) in [5, 5.41) is 14.9. The summed E-state index contributed by atoms with van der Waals surface area (Å²) < 4.78 is 51.7. The minimum atomic E-state index is -4.34. The summed E-state index contributed by atoms with van der Waals surface area (Å²) in [7, 11) is -4.34. The first-order valence-electron chi connectivity index (χ1n) is 11.5. The number of nitrogens with zero attached hydrogens (tertiary/aromatic N) is 3. The summed E-state index contributed by atoms with van der Waals surface area (Å²) in [6.45, 7) is 5.84. The van der Waals surface area contributed by atoms with Crippen LogP contribution in [0.2, 0.25) is 0 Å². The monoisotopic (exact) mass is 567 g/mol. The molecule has 12 nitrogen and oxygen atoms in total. The lowest BCUT2D eigenvalue weighted by molar-refractivity contribution is -0.144. The number of aliphatic hydroxyl groups is 1. The number of halogens is 1. The highest BCUT2D eigenvalue weighted by Crippen LogP contribution is 2.50. The van der Waals surface area contributed by atoms with Crippen LogP contribution in [0.1, 0.15) is 25.5 Å². The van der Waals surface area contributed by atoms with E-state index in [2.05, 4.69) is 26.8 Å². The van der Waals surface area contributed by atoms with Crippen molar-refractivity contribution in [1.29, 1.82) is 0 Å². The molecule has 0 amide bonds. The number of hydrogen-bond donors (Lipinski definition) is 3. The van der Waals surface area contributed by atoms with Gasteiger partial charge in [0.2, 0.25) is 5.72 Å². The molecule has 1 unspecified atom stereocenters. The molecule has 1 saturated heterocycles. The van der Waals surface area contributed by atoms with E-state index in [0.717, 1.165) is 0 Å². The zero-order valence-corrected chi connectivity index (χ0v) is 22.2. The van der Waals surface area contributed by atoms with Gasteiger partial charge in [-0.05, 0) is 38.1 Å². The lowest BCUT2D eigenvalue weighted by Crippen LogP contribution is -2.45. The number of aliphatic hydroxyl groups excluding tert-OH is 1. The fourth-order valence-electron chi connectivity index (χ4n) is 3.83. The molecule has 204 valence electrons. The van der Waals surface area contributed by atoms with Crippen LogP contribution in [-0.2, 0) is 23.4 Å². The van der Waals surface area contributed by atoms with Gasteiger partial charge in [-0.15, -0.1) is 11.3 Å². The van der Waals surface area contributed by atoms with Crippen LogP contribution in [0.3, 0.4) is 0 Å². The number of hydrogen-bond acceptors (Lipinski definition) is 12. The number of thiophene rings is 1. The van der Waals surface area contributed by atoms with Gasteiger partial charge < -0.3 is 24.8 Å². The second-order valence-electron chi connectivity index (χ2n) is 8.34. The van der Waals surface area contributed by atoms with E-state index in [1.807, 2.05) is 0 Å². The molecule has 2 aromatic heterocycles. The number of nitrogens with two attached hydrogens (primary N) is 1. The third kappa shape index (κ3) is 5.55. The van der Waals surface area contributed by atoms with Crippen molar-refractivity contribution < 1.29 is 37.4 Å². The molecule has 1 aliphatic rings. The molecule has 1 aliphatic heterocycles. The minimum absolute atomic E-state index is 0.103. The number of ether oxygens (including phenoxy) is 2. The SMILES string of the molecule is C=N[C@]1(COP(=O)(N[C@@H](C)C(=O)OCC)Oc2ccccc2)O[C@@H](c2csc3c(N)ncnc23)[C@H](F)[C@@H]1O.